The summed E-state index contributed by atoms with van der Waals surface area (Å²) in [6.45, 7) is 3.48. The number of nitrogens with zero attached hydrogens (tertiary/aromatic N) is 7. The first kappa shape index (κ1) is 25.4. The van der Waals surface area contributed by atoms with Crippen LogP contribution in [-0.4, -0.2) is 86.2 Å². The number of aromatic amines is 1. The molecular weight excluding hydrogens is 551 g/mol. The number of H-pyrrole nitrogens is 1. The van der Waals surface area contributed by atoms with Crippen LogP contribution < -0.4 is 0 Å². The third-order valence-corrected chi connectivity index (χ3v) is 10.1. The zero-order valence-corrected chi connectivity index (χ0v) is 23.1. The fourth-order valence-corrected chi connectivity index (χ4v) is 7.84. The molecule has 1 N–H and O–H groups in total. The van der Waals surface area contributed by atoms with Gasteiger partial charge in [-0.15, -0.1) is 11.3 Å². The van der Waals surface area contributed by atoms with E-state index >= 15 is 0 Å². The number of nitrogens with one attached hydrogen (secondary N) is 1. The minimum absolute atomic E-state index is 0.0392. The van der Waals surface area contributed by atoms with Gasteiger partial charge in [-0.25, -0.2) is 14.4 Å². The third kappa shape index (κ3) is 4.13. The second-order valence-corrected chi connectivity index (χ2v) is 12.3. The third-order valence-electron chi connectivity index (χ3n) is 8.50. The molecule has 6 heterocycles. The van der Waals surface area contributed by atoms with Crippen molar-refractivity contribution in [3.05, 3.63) is 58.2 Å². The van der Waals surface area contributed by atoms with Crippen LogP contribution in [0.4, 0.5) is 4.39 Å². The Labute approximate surface area is 238 Å². The van der Waals surface area contributed by atoms with Gasteiger partial charge in [0.05, 0.1) is 41.2 Å². The Bertz CT molecular complexity index is 1680. The molecule has 0 saturated carbocycles. The summed E-state index contributed by atoms with van der Waals surface area (Å²) in [4.78, 5) is 30.0. The summed E-state index contributed by atoms with van der Waals surface area (Å²) in [6.07, 6.45) is 7.48. The fraction of sp³-hybridized carbons (Fsp3) is 0.393. The van der Waals surface area contributed by atoms with E-state index in [4.69, 9.17) is 16.7 Å². The van der Waals surface area contributed by atoms with E-state index in [-0.39, 0.29) is 23.2 Å². The van der Waals surface area contributed by atoms with E-state index in [2.05, 4.69) is 30.9 Å². The van der Waals surface area contributed by atoms with Crippen LogP contribution in [0.3, 0.4) is 0 Å². The molecule has 2 saturated heterocycles. The maximum Gasteiger partial charge on any atom is 0.265 e. The summed E-state index contributed by atoms with van der Waals surface area (Å²) in [5.41, 5.74) is 1.44. The lowest BCUT2D eigenvalue weighted by atomic mass is 9.82. The zero-order valence-electron chi connectivity index (χ0n) is 21.6. The van der Waals surface area contributed by atoms with Gasteiger partial charge in [0.1, 0.15) is 22.7 Å². The van der Waals surface area contributed by atoms with E-state index in [1.165, 1.54) is 23.5 Å². The number of amides is 1. The van der Waals surface area contributed by atoms with Crippen LogP contribution in [0.1, 0.15) is 40.5 Å². The van der Waals surface area contributed by atoms with Crippen molar-refractivity contribution in [1.82, 2.24) is 29.8 Å². The van der Waals surface area contributed by atoms with Crippen molar-refractivity contribution in [2.75, 3.05) is 32.7 Å². The number of thiophene rings is 1. The van der Waals surface area contributed by atoms with Gasteiger partial charge in [0.15, 0.2) is 0 Å². The quantitative estimate of drug-likeness (QED) is 0.372. The summed E-state index contributed by atoms with van der Waals surface area (Å²) in [7, 11) is 0. The van der Waals surface area contributed by atoms with E-state index in [0.717, 1.165) is 42.7 Å². The van der Waals surface area contributed by atoms with Gasteiger partial charge in [-0.05, 0) is 37.1 Å². The Hall–Kier alpha value is -3.59. The smallest absolute Gasteiger partial charge is 0.265 e. The highest BCUT2D eigenvalue weighted by molar-refractivity contribution is 7.21. The second-order valence-electron chi connectivity index (χ2n) is 10.8. The molecule has 1 amide bonds. The van der Waals surface area contributed by atoms with Gasteiger partial charge >= 0.3 is 0 Å². The van der Waals surface area contributed by atoms with E-state index in [1.54, 1.807) is 12.4 Å². The number of carbonyl (C=O) groups is 1. The van der Waals surface area contributed by atoms with Gasteiger partial charge in [0.25, 0.3) is 5.91 Å². The topological polar surface area (TPSA) is 105 Å². The molecule has 1 atom stereocenters. The predicted molar refractivity (Wildman–Crippen MR) is 152 cm³/mol. The molecule has 2 fully saturated rings. The zero-order chi connectivity index (χ0) is 27.4. The molecule has 0 aliphatic carbocycles. The SMILES string of the molecule is N#CCC1(N2CC(c3ncnc4[nH]ccc34)C=N2)CN(C2CCN(C(=O)c3sc4cc(F)ccc4c3Cl)CC2)C1. The fourth-order valence-electron chi connectivity index (χ4n) is 6.34. The molecular formula is C28H26ClFN8OS. The van der Waals surface area contributed by atoms with Gasteiger partial charge in [0.2, 0.25) is 0 Å². The largest absolute Gasteiger partial charge is 0.346 e. The summed E-state index contributed by atoms with van der Waals surface area (Å²) in [5, 5.41) is 18.6. The second kappa shape index (κ2) is 9.80. The number of hydrogen-bond donors (Lipinski definition) is 1. The lowest BCUT2D eigenvalue weighted by molar-refractivity contribution is -0.0779. The number of benzene rings is 1. The van der Waals surface area contributed by atoms with Gasteiger partial charge < -0.3 is 9.88 Å². The average molecular weight is 577 g/mol. The van der Waals surface area contributed by atoms with Gasteiger partial charge in [0, 0.05) is 60.1 Å². The first-order chi connectivity index (χ1) is 19.5. The van der Waals surface area contributed by atoms with Crippen LogP contribution in [0.2, 0.25) is 5.02 Å². The Morgan fingerprint density at radius 1 is 1.23 bits per heavy atom. The Morgan fingerprint density at radius 3 is 2.85 bits per heavy atom. The molecule has 0 radical (unpaired) electrons. The first-order valence-electron chi connectivity index (χ1n) is 13.3. The number of aromatic nitrogens is 3. The minimum Gasteiger partial charge on any atom is -0.346 e. The van der Waals surface area contributed by atoms with Crippen LogP contribution in [0.15, 0.2) is 41.9 Å². The van der Waals surface area contributed by atoms with E-state index in [0.29, 0.717) is 52.1 Å². The maximum absolute atomic E-state index is 13.7. The van der Waals surface area contributed by atoms with Crippen LogP contribution >= 0.6 is 22.9 Å². The molecule has 3 aliphatic heterocycles. The van der Waals surface area contributed by atoms with E-state index in [9.17, 15) is 14.4 Å². The van der Waals surface area contributed by atoms with Gasteiger partial charge in [-0.3, -0.25) is 14.7 Å². The molecule has 40 heavy (non-hydrogen) atoms. The summed E-state index contributed by atoms with van der Waals surface area (Å²) >= 11 is 7.76. The molecule has 1 unspecified atom stereocenters. The van der Waals surface area contributed by atoms with Crippen molar-refractivity contribution < 1.29 is 9.18 Å². The standard InChI is InChI=1S/C28H26ClFN8OS/c29-23-20-2-1-18(30)11-22(20)40-25(23)27(39)36-9-4-19(5-10-36)37-14-28(15-37,6-7-31)38-13-17(12-35-38)24-21-3-8-32-26(21)34-16-33-24/h1-3,8,11-12,16-17,19H,4-6,9-10,13-15H2,(H,32,33,34). The highest BCUT2D eigenvalue weighted by Crippen LogP contribution is 2.40. The number of carbonyl (C=O) groups excluding carboxylic acids is 1. The van der Waals surface area contributed by atoms with E-state index < -0.39 is 0 Å². The first-order valence-corrected chi connectivity index (χ1v) is 14.5. The Balaban J connectivity index is 0.986. The van der Waals surface area contributed by atoms with Crippen molar-refractivity contribution >= 4 is 56.2 Å². The molecule has 1 aromatic carbocycles. The number of fused-ring (bicyclic) bond motifs is 2. The lowest BCUT2D eigenvalue weighted by Gasteiger charge is -2.56. The number of halogens is 2. The molecule has 4 aromatic rings. The van der Waals surface area contributed by atoms with Crippen LogP contribution in [-0.2, 0) is 0 Å². The van der Waals surface area contributed by atoms with Crippen molar-refractivity contribution in [2.24, 2.45) is 5.10 Å². The van der Waals surface area contributed by atoms with Crippen LogP contribution in [0, 0.1) is 17.1 Å². The normalized spacial score (nSPS) is 21.3. The summed E-state index contributed by atoms with van der Waals surface area (Å²) < 4.78 is 14.3. The minimum atomic E-state index is -0.339. The van der Waals surface area contributed by atoms with Crippen LogP contribution in [0.5, 0.6) is 0 Å². The Morgan fingerprint density at radius 2 is 2.05 bits per heavy atom. The number of nitriles is 1. The highest BCUT2D eigenvalue weighted by atomic mass is 35.5. The molecule has 3 aliphatic rings. The van der Waals surface area contributed by atoms with Gasteiger partial charge in [-0.1, -0.05) is 11.6 Å². The number of rotatable bonds is 5. The molecule has 3 aromatic heterocycles. The van der Waals surface area contributed by atoms with Crippen molar-refractivity contribution in [1.29, 1.82) is 5.26 Å². The van der Waals surface area contributed by atoms with Crippen LogP contribution in [0.25, 0.3) is 21.1 Å². The lowest BCUT2D eigenvalue weighted by Crippen LogP contribution is -2.71. The van der Waals surface area contributed by atoms with Gasteiger partial charge in [-0.2, -0.15) is 10.4 Å². The molecule has 204 valence electrons. The maximum atomic E-state index is 13.7. The molecule has 0 spiro atoms. The summed E-state index contributed by atoms with van der Waals surface area (Å²) in [6, 6.07) is 9.14. The van der Waals surface area contributed by atoms with Crippen molar-refractivity contribution in [2.45, 2.75) is 36.8 Å². The number of likely N-dealkylation sites (tertiary alicyclic amines) is 2. The monoisotopic (exact) mass is 576 g/mol. The average Bonchev–Trinajstić information content (AvgIpc) is 3.69. The highest BCUT2D eigenvalue weighted by Gasteiger charge is 2.51. The number of hydrazone groups is 1. The molecule has 9 nitrogen and oxygen atoms in total. The number of hydrogen-bond acceptors (Lipinski definition) is 8. The summed E-state index contributed by atoms with van der Waals surface area (Å²) in [5.74, 6) is -0.391. The molecule has 7 rings (SSSR count). The van der Waals surface area contributed by atoms with E-state index in [1.807, 2.05) is 23.4 Å². The molecule has 0 bridgehead atoms. The van der Waals surface area contributed by atoms with Crippen molar-refractivity contribution in [3.8, 4) is 6.07 Å². The number of piperidine rings is 1. The predicted octanol–water partition coefficient (Wildman–Crippen LogP) is 4.62. The van der Waals surface area contributed by atoms with Crippen molar-refractivity contribution in [3.63, 3.8) is 0 Å². The molecule has 12 heteroatoms. The Kier molecular flexibility index (Phi) is 6.22.